The van der Waals surface area contributed by atoms with Gasteiger partial charge in [-0.2, -0.15) is 0 Å². The highest BCUT2D eigenvalue weighted by molar-refractivity contribution is 4.86. The fourth-order valence-corrected chi connectivity index (χ4v) is 2.62. The summed E-state index contributed by atoms with van der Waals surface area (Å²) in [6.07, 6.45) is 14.4. The first-order valence-corrected chi connectivity index (χ1v) is 8.47. The first kappa shape index (κ1) is 16.6. The zero-order chi connectivity index (χ0) is 15.6. The second-order valence-electron chi connectivity index (χ2n) is 6.07. The molecule has 0 fully saturated rings. The standard InChI is InChI=1S/C16H28N6/c1-15-13-21(19-17-15)11-9-7-5-3-4-6-8-10-12-22-14-16(2)18-20-22/h13-14H,3-12H2,1-2H3. The fourth-order valence-electron chi connectivity index (χ4n) is 2.62. The van der Waals surface area contributed by atoms with Gasteiger partial charge in [-0.3, -0.25) is 9.36 Å². The maximum atomic E-state index is 4.07. The van der Waals surface area contributed by atoms with E-state index in [4.69, 9.17) is 0 Å². The number of aromatic nitrogens is 6. The molecule has 0 aliphatic heterocycles. The lowest BCUT2D eigenvalue weighted by Crippen LogP contribution is -1.99. The highest BCUT2D eigenvalue weighted by Crippen LogP contribution is 2.09. The molecule has 6 heteroatoms. The highest BCUT2D eigenvalue weighted by Gasteiger charge is 1.97. The molecule has 6 nitrogen and oxygen atoms in total. The lowest BCUT2D eigenvalue weighted by Gasteiger charge is -2.03. The van der Waals surface area contributed by atoms with Crippen LogP contribution in [0.4, 0.5) is 0 Å². The van der Waals surface area contributed by atoms with Gasteiger partial charge in [0, 0.05) is 25.5 Å². The molecule has 0 radical (unpaired) electrons. The summed E-state index contributed by atoms with van der Waals surface area (Å²) in [5.41, 5.74) is 2.00. The number of hydrogen-bond donors (Lipinski definition) is 0. The Hall–Kier alpha value is -1.72. The van der Waals surface area contributed by atoms with E-state index in [-0.39, 0.29) is 0 Å². The van der Waals surface area contributed by atoms with E-state index in [9.17, 15) is 0 Å². The molecule has 0 aliphatic rings. The van der Waals surface area contributed by atoms with Gasteiger partial charge < -0.3 is 0 Å². The number of aryl methyl sites for hydroxylation is 4. The van der Waals surface area contributed by atoms with Crippen molar-refractivity contribution < 1.29 is 0 Å². The van der Waals surface area contributed by atoms with Crippen molar-refractivity contribution in [2.24, 2.45) is 0 Å². The van der Waals surface area contributed by atoms with Gasteiger partial charge in [-0.05, 0) is 26.7 Å². The van der Waals surface area contributed by atoms with E-state index in [0.717, 1.165) is 24.5 Å². The van der Waals surface area contributed by atoms with Crippen molar-refractivity contribution in [2.45, 2.75) is 78.3 Å². The maximum Gasteiger partial charge on any atom is 0.0796 e. The van der Waals surface area contributed by atoms with Gasteiger partial charge in [0.2, 0.25) is 0 Å². The van der Waals surface area contributed by atoms with Gasteiger partial charge in [-0.25, -0.2) is 0 Å². The van der Waals surface area contributed by atoms with Crippen LogP contribution in [0.2, 0.25) is 0 Å². The summed E-state index contributed by atoms with van der Waals surface area (Å²) in [5, 5.41) is 16.1. The Morgan fingerprint density at radius 3 is 1.32 bits per heavy atom. The normalized spacial score (nSPS) is 11.2. The van der Waals surface area contributed by atoms with Gasteiger partial charge in [0.05, 0.1) is 11.4 Å². The predicted octanol–water partition coefficient (Wildman–Crippen LogP) is 3.31. The molecule has 2 aromatic rings. The third-order valence-corrected chi connectivity index (χ3v) is 3.83. The van der Waals surface area contributed by atoms with E-state index < -0.39 is 0 Å². The summed E-state index contributed by atoms with van der Waals surface area (Å²) >= 11 is 0. The summed E-state index contributed by atoms with van der Waals surface area (Å²) in [7, 11) is 0. The monoisotopic (exact) mass is 304 g/mol. The quantitative estimate of drug-likeness (QED) is 0.598. The second kappa shape index (κ2) is 9.33. The minimum absolute atomic E-state index is 0.998. The Balaban J connectivity index is 1.37. The zero-order valence-corrected chi connectivity index (χ0v) is 13.9. The van der Waals surface area contributed by atoms with Crippen LogP contribution in [0.25, 0.3) is 0 Å². The molecule has 0 amide bonds. The number of nitrogens with zero attached hydrogens (tertiary/aromatic N) is 6. The van der Waals surface area contributed by atoms with Crippen LogP contribution >= 0.6 is 0 Å². The van der Waals surface area contributed by atoms with Crippen LogP contribution in [0.15, 0.2) is 12.4 Å². The van der Waals surface area contributed by atoms with Crippen LogP contribution < -0.4 is 0 Å². The van der Waals surface area contributed by atoms with E-state index in [1.807, 2.05) is 35.6 Å². The Morgan fingerprint density at radius 2 is 1.00 bits per heavy atom. The molecule has 0 spiro atoms. The molecular weight excluding hydrogens is 276 g/mol. The van der Waals surface area contributed by atoms with Crippen LogP contribution in [-0.4, -0.2) is 30.0 Å². The average Bonchev–Trinajstić information content (AvgIpc) is 3.09. The number of hydrogen-bond acceptors (Lipinski definition) is 4. The van der Waals surface area contributed by atoms with Gasteiger partial charge in [0.25, 0.3) is 0 Å². The molecule has 0 aromatic carbocycles. The van der Waals surface area contributed by atoms with E-state index in [0.29, 0.717) is 0 Å². The van der Waals surface area contributed by atoms with E-state index >= 15 is 0 Å². The van der Waals surface area contributed by atoms with Gasteiger partial charge in [0.15, 0.2) is 0 Å². The Labute approximate surface area is 132 Å². The molecule has 2 rings (SSSR count). The van der Waals surface area contributed by atoms with Gasteiger partial charge in [0.1, 0.15) is 0 Å². The molecule has 0 saturated carbocycles. The molecule has 0 saturated heterocycles. The summed E-state index contributed by atoms with van der Waals surface area (Å²) in [6, 6.07) is 0. The van der Waals surface area contributed by atoms with Crippen molar-refractivity contribution in [1.82, 2.24) is 30.0 Å². The first-order chi connectivity index (χ1) is 10.7. The molecule has 0 unspecified atom stereocenters. The fraction of sp³-hybridized carbons (Fsp3) is 0.750. The second-order valence-corrected chi connectivity index (χ2v) is 6.07. The molecular formula is C16H28N6. The molecule has 0 bridgehead atoms. The molecule has 0 N–H and O–H groups in total. The summed E-state index contributed by atoms with van der Waals surface area (Å²) in [4.78, 5) is 0. The Bertz CT molecular complexity index is 482. The molecule has 2 heterocycles. The minimum atomic E-state index is 0.998. The van der Waals surface area contributed by atoms with Crippen molar-refractivity contribution in [3.8, 4) is 0 Å². The molecule has 0 aliphatic carbocycles. The highest BCUT2D eigenvalue weighted by atomic mass is 15.4. The lowest BCUT2D eigenvalue weighted by molar-refractivity contribution is 0.494. The maximum absolute atomic E-state index is 4.07. The van der Waals surface area contributed by atoms with E-state index in [2.05, 4.69) is 20.6 Å². The SMILES string of the molecule is Cc1cn(CCCCCCCCCCn2cc(C)nn2)nn1. The summed E-state index contributed by atoms with van der Waals surface area (Å²) < 4.78 is 3.89. The van der Waals surface area contributed by atoms with Crippen LogP contribution in [0, 0.1) is 13.8 Å². The third-order valence-electron chi connectivity index (χ3n) is 3.83. The third kappa shape index (κ3) is 6.37. The van der Waals surface area contributed by atoms with Crippen molar-refractivity contribution in [3.05, 3.63) is 23.8 Å². The Morgan fingerprint density at radius 1 is 0.636 bits per heavy atom. The summed E-state index contributed by atoms with van der Waals surface area (Å²) in [6.45, 7) is 5.96. The van der Waals surface area contributed by atoms with Crippen LogP contribution in [-0.2, 0) is 13.1 Å². The average molecular weight is 304 g/mol. The summed E-state index contributed by atoms with van der Waals surface area (Å²) in [5.74, 6) is 0. The molecule has 122 valence electrons. The lowest BCUT2D eigenvalue weighted by atomic mass is 10.1. The predicted molar refractivity (Wildman–Crippen MR) is 86.5 cm³/mol. The van der Waals surface area contributed by atoms with Crippen molar-refractivity contribution >= 4 is 0 Å². The largest absolute Gasteiger partial charge is 0.252 e. The molecule has 22 heavy (non-hydrogen) atoms. The smallest absolute Gasteiger partial charge is 0.0796 e. The van der Waals surface area contributed by atoms with Crippen molar-refractivity contribution in [1.29, 1.82) is 0 Å². The van der Waals surface area contributed by atoms with E-state index in [1.54, 1.807) is 0 Å². The van der Waals surface area contributed by atoms with Crippen LogP contribution in [0.3, 0.4) is 0 Å². The molecule has 2 aromatic heterocycles. The number of unbranched alkanes of at least 4 members (excludes halogenated alkanes) is 7. The molecule has 0 atom stereocenters. The van der Waals surface area contributed by atoms with Gasteiger partial charge in [-0.1, -0.05) is 49.0 Å². The van der Waals surface area contributed by atoms with E-state index in [1.165, 1.54) is 51.4 Å². The number of rotatable bonds is 11. The topological polar surface area (TPSA) is 61.4 Å². The minimum Gasteiger partial charge on any atom is -0.252 e. The first-order valence-electron chi connectivity index (χ1n) is 8.47. The van der Waals surface area contributed by atoms with Crippen LogP contribution in [0.1, 0.15) is 62.8 Å². The Kier molecular flexibility index (Phi) is 7.06. The van der Waals surface area contributed by atoms with Gasteiger partial charge >= 0.3 is 0 Å². The van der Waals surface area contributed by atoms with Gasteiger partial charge in [-0.15, -0.1) is 10.2 Å². The van der Waals surface area contributed by atoms with Crippen molar-refractivity contribution in [2.75, 3.05) is 0 Å². The van der Waals surface area contributed by atoms with Crippen molar-refractivity contribution in [3.63, 3.8) is 0 Å². The van der Waals surface area contributed by atoms with Crippen LogP contribution in [0.5, 0.6) is 0 Å². The zero-order valence-electron chi connectivity index (χ0n) is 13.9.